The topological polar surface area (TPSA) is 96.4 Å². The Morgan fingerprint density at radius 2 is 2.24 bits per heavy atom. The average Bonchev–Trinajstić information content (AvgIpc) is 2.27. The maximum absolute atomic E-state index is 11.3. The highest BCUT2D eigenvalue weighted by Gasteiger charge is 2.12. The summed E-state index contributed by atoms with van der Waals surface area (Å²) in [6, 6.07) is 4.61. The van der Waals surface area contributed by atoms with E-state index in [2.05, 4.69) is 4.74 Å². The third-order valence-electron chi connectivity index (χ3n) is 1.86. The first-order valence-electron chi connectivity index (χ1n) is 4.41. The van der Waals surface area contributed by atoms with Crippen molar-refractivity contribution in [1.29, 1.82) is 5.41 Å². The van der Waals surface area contributed by atoms with E-state index in [1.54, 1.807) is 6.07 Å². The van der Waals surface area contributed by atoms with Crippen molar-refractivity contribution in [2.24, 2.45) is 5.73 Å². The molecular formula is C10H13ClN2O3S. The minimum Gasteiger partial charge on any atom is -0.507 e. The number of phenols is 1. The summed E-state index contributed by atoms with van der Waals surface area (Å²) in [4.78, 5) is 11.3. The number of ether oxygens (including phenoxy) is 1. The maximum atomic E-state index is 11.3. The summed E-state index contributed by atoms with van der Waals surface area (Å²) in [7, 11) is 1.25. The molecule has 0 heterocycles. The number of carbonyl (C=O) groups excluding carboxylic acids is 1. The molecule has 0 unspecified atom stereocenters. The number of benzene rings is 1. The number of nitrogens with two attached hydrogens (primary N) is 1. The summed E-state index contributed by atoms with van der Waals surface area (Å²) in [5.74, 6) is -0.241. The lowest BCUT2D eigenvalue weighted by atomic mass is 10.1. The maximum Gasteiger partial charge on any atom is 0.341 e. The van der Waals surface area contributed by atoms with Crippen molar-refractivity contribution in [2.45, 2.75) is 5.75 Å². The van der Waals surface area contributed by atoms with Gasteiger partial charge in [0.25, 0.3) is 0 Å². The van der Waals surface area contributed by atoms with E-state index in [1.807, 2.05) is 0 Å². The number of phenolic OH excluding ortho intramolecular Hbond substituents is 1. The Morgan fingerprint density at radius 1 is 1.59 bits per heavy atom. The van der Waals surface area contributed by atoms with Gasteiger partial charge >= 0.3 is 5.97 Å². The van der Waals surface area contributed by atoms with Gasteiger partial charge in [-0.15, -0.1) is 12.4 Å². The molecule has 0 atom stereocenters. The molecule has 0 saturated carbocycles. The first kappa shape index (κ1) is 15.6. The van der Waals surface area contributed by atoms with E-state index in [-0.39, 0.29) is 28.9 Å². The molecule has 0 fully saturated rings. The van der Waals surface area contributed by atoms with Gasteiger partial charge in [-0.05, 0) is 17.7 Å². The summed E-state index contributed by atoms with van der Waals surface area (Å²) >= 11 is 1.15. The van der Waals surface area contributed by atoms with Crippen molar-refractivity contribution < 1.29 is 14.6 Å². The fourth-order valence-electron chi connectivity index (χ4n) is 1.11. The predicted octanol–water partition coefficient (Wildman–Crippen LogP) is 1.73. The smallest absolute Gasteiger partial charge is 0.341 e. The van der Waals surface area contributed by atoms with Gasteiger partial charge in [0, 0.05) is 5.75 Å². The van der Waals surface area contributed by atoms with Gasteiger partial charge in [0.15, 0.2) is 5.17 Å². The molecule has 7 heteroatoms. The molecule has 0 saturated heterocycles. The SMILES string of the molecule is COC(=O)c1cc(CSC(=N)N)ccc1O.Cl. The van der Waals surface area contributed by atoms with Crippen molar-refractivity contribution in [3.05, 3.63) is 29.3 Å². The van der Waals surface area contributed by atoms with Crippen molar-refractivity contribution in [3.8, 4) is 5.75 Å². The lowest BCUT2D eigenvalue weighted by molar-refractivity contribution is 0.0597. The van der Waals surface area contributed by atoms with Crippen LogP contribution in [0.3, 0.4) is 0 Å². The molecule has 0 spiro atoms. The van der Waals surface area contributed by atoms with Crippen molar-refractivity contribution in [3.63, 3.8) is 0 Å². The second-order valence-electron chi connectivity index (χ2n) is 3.00. The zero-order valence-electron chi connectivity index (χ0n) is 9.10. The molecule has 1 rings (SSSR count). The van der Waals surface area contributed by atoms with Crippen LogP contribution in [0.1, 0.15) is 15.9 Å². The number of esters is 1. The molecule has 4 N–H and O–H groups in total. The number of aromatic hydroxyl groups is 1. The normalized spacial score (nSPS) is 9.24. The molecule has 0 aromatic heterocycles. The standard InChI is InChI=1S/C10H12N2O3S.ClH/c1-15-9(14)7-4-6(2-3-8(7)13)5-16-10(11)12;/h2-4,13H,5H2,1H3,(H3,11,12);1H. The van der Waals surface area contributed by atoms with Crippen LogP contribution in [0.2, 0.25) is 0 Å². The van der Waals surface area contributed by atoms with E-state index in [0.717, 1.165) is 17.3 Å². The van der Waals surface area contributed by atoms with Crippen LogP contribution in [0.4, 0.5) is 0 Å². The second-order valence-corrected chi connectivity index (χ2v) is 4.01. The Bertz CT molecular complexity index is 426. The average molecular weight is 277 g/mol. The van der Waals surface area contributed by atoms with Gasteiger partial charge < -0.3 is 15.6 Å². The van der Waals surface area contributed by atoms with Crippen LogP contribution in [0, 0.1) is 5.41 Å². The van der Waals surface area contributed by atoms with E-state index in [4.69, 9.17) is 11.1 Å². The van der Waals surface area contributed by atoms with Crippen molar-refractivity contribution in [1.82, 2.24) is 0 Å². The Balaban J connectivity index is 0.00000256. The van der Waals surface area contributed by atoms with Gasteiger partial charge in [0.05, 0.1) is 7.11 Å². The lowest BCUT2D eigenvalue weighted by Gasteiger charge is -2.05. The summed E-state index contributed by atoms with van der Waals surface area (Å²) in [5, 5.41) is 16.5. The fourth-order valence-corrected chi connectivity index (χ4v) is 1.61. The van der Waals surface area contributed by atoms with E-state index in [9.17, 15) is 9.90 Å². The minimum atomic E-state index is -0.591. The first-order chi connectivity index (χ1) is 7.54. The van der Waals surface area contributed by atoms with Crippen molar-refractivity contribution >= 4 is 35.3 Å². The number of hydrogen-bond donors (Lipinski definition) is 3. The predicted molar refractivity (Wildman–Crippen MR) is 69.9 cm³/mol. The third-order valence-corrected chi connectivity index (χ3v) is 2.65. The summed E-state index contributed by atoms with van der Waals surface area (Å²) in [6.45, 7) is 0. The van der Waals surface area contributed by atoms with Gasteiger partial charge in [0.1, 0.15) is 11.3 Å². The van der Waals surface area contributed by atoms with Crippen LogP contribution in [-0.2, 0) is 10.5 Å². The molecule has 0 aliphatic heterocycles. The van der Waals surface area contributed by atoms with E-state index in [1.165, 1.54) is 19.2 Å². The zero-order chi connectivity index (χ0) is 12.1. The number of halogens is 1. The second kappa shape index (κ2) is 7.03. The number of thioether (sulfide) groups is 1. The van der Waals surface area contributed by atoms with Gasteiger partial charge in [-0.1, -0.05) is 17.8 Å². The highest BCUT2D eigenvalue weighted by molar-refractivity contribution is 8.13. The molecule has 0 amide bonds. The highest BCUT2D eigenvalue weighted by atomic mass is 35.5. The number of hydrogen-bond acceptors (Lipinski definition) is 5. The summed E-state index contributed by atoms with van der Waals surface area (Å²) in [5.41, 5.74) is 6.10. The van der Waals surface area contributed by atoms with E-state index < -0.39 is 5.97 Å². The van der Waals surface area contributed by atoms with Gasteiger partial charge in [0.2, 0.25) is 0 Å². The first-order valence-corrected chi connectivity index (χ1v) is 5.40. The quantitative estimate of drug-likeness (QED) is 0.444. The zero-order valence-corrected chi connectivity index (χ0v) is 10.7. The minimum absolute atomic E-state index is 0. The fraction of sp³-hybridized carbons (Fsp3) is 0.200. The number of amidine groups is 1. The Hall–Kier alpha value is -1.40. The molecule has 0 aliphatic carbocycles. The third kappa shape index (κ3) is 4.54. The van der Waals surface area contributed by atoms with Crippen LogP contribution < -0.4 is 5.73 Å². The molecule has 0 bridgehead atoms. The summed E-state index contributed by atoms with van der Waals surface area (Å²) in [6.07, 6.45) is 0. The van der Waals surface area contributed by atoms with Crippen LogP contribution in [-0.4, -0.2) is 23.4 Å². The highest BCUT2D eigenvalue weighted by Crippen LogP contribution is 2.21. The van der Waals surface area contributed by atoms with Gasteiger partial charge in [-0.3, -0.25) is 5.41 Å². The molecule has 1 aromatic carbocycles. The largest absolute Gasteiger partial charge is 0.507 e. The number of nitrogens with one attached hydrogen (secondary N) is 1. The molecule has 0 radical (unpaired) electrons. The van der Waals surface area contributed by atoms with Gasteiger partial charge in [-0.2, -0.15) is 0 Å². The number of carbonyl (C=O) groups is 1. The molecule has 0 aliphatic rings. The molecule has 5 nitrogen and oxygen atoms in total. The molecule has 1 aromatic rings. The number of methoxy groups -OCH3 is 1. The van der Waals surface area contributed by atoms with Crippen LogP contribution >= 0.6 is 24.2 Å². The van der Waals surface area contributed by atoms with Gasteiger partial charge in [-0.25, -0.2) is 4.79 Å². The number of rotatable bonds is 3. The Morgan fingerprint density at radius 3 is 2.76 bits per heavy atom. The van der Waals surface area contributed by atoms with Crippen LogP contribution in [0.5, 0.6) is 5.75 Å². The molecular weight excluding hydrogens is 264 g/mol. The van der Waals surface area contributed by atoms with Crippen molar-refractivity contribution in [2.75, 3.05) is 7.11 Å². The molecule has 94 valence electrons. The Kier molecular flexibility index (Phi) is 6.45. The van der Waals surface area contributed by atoms with Crippen LogP contribution in [0.25, 0.3) is 0 Å². The van der Waals surface area contributed by atoms with E-state index >= 15 is 0 Å². The summed E-state index contributed by atoms with van der Waals surface area (Å²) < 4.78 is 4.53. The monoisotopic (exact) mass is 276 g/mol. The van der Waals surface area contributed by atoms with Crippen LogP contribution in [0.15, 0.2) is 18.2 Å². The van der Waals surface area contributed by atoms with E-state index in [0.29, 0.717) is 5.75 Å². The lowest BCUT2D eigenvalue weighted by Crippen LogP contribution is -2.05. The Labute approximate surface area is 109 Å². The molecule has 17 heavy (non-hydrogen) atoms.